The Balaban J connectivity index is 1.94. The highest BCUT2D eigenvalue weighted by Crippen LogP contribution is 2.43. The second-order valence-corrected chi connectivity index (χ2v) is 10.2. The summed E-state index contributed by atoms with van der Waals surface area (Å²) in [5.74, 6) is -5.04. The molecule has 1 aliphatic heterocycles. The molecule has 0 spiro atoms. The van der Waals surface area contributed by atoms with Crippen LogP contribution in [0.5, 0.6) is 0 Å². The first-order valence-electron chi connectivity index (χ1n) is 9.88. The maximum absolute atomic E-state index is 13.8. The Bertz CT molecular complexity index is 1310. The predicted octanol–water partition coefficient (Wildman–Crippen LogP) is 3.86. The van der Waals surface area contributed by atoms with Crippen molar-refractivity contribution in [3.05, 3.63) is 23.7 Å². The summed E-state index contributed by atoms with van der Waals surface area (Å²) >= 11 is 0. The lowest BCUT2D eigenvalue weighted by molar-refractivity contribution is -0.290. The third-order valence-corrected chi connectivity index (χ3v) is 7.54. The number of imidazole rings is 1. The standard InChI is InChI=1S/C19H20F5N5O2S/c1-4-32(30,31)16-12-7-10(2)5-6-29(12)27-15(16)17-26-11-8-14(18(20,21)19(22,23)24)25-9-13(11)28(17)3/h8-10H,4-7H2,1-3H3. The van der Waals surface area contributed by atoms with Gasteiger partial charge in [0.15, 0.2) is 15.7 Å². The number of alkyl halides is 5. The number of sulfone groups is 1. The number of aryl methyl sites for hydroxylation is 2. The first kappa shape index (κ1) is 22.6. The molecular formula is C19H20F5N5O2S. The summed E-state index contributed by atoms with van der Waals surface area (Å²) in [6, 6.07) is 0.568. The van der Waals surface area contributed by atoms with Crippen LogP contribution in [-0.2, 0) is 35.8 Å². The van der Waals surface area contributed by atoms with Gasteiger partial charge in [0, 0.05) is 13.6 Å². The first-order chi connectivity index (χ1) is 14.8. The number of fused-ring (bicyclic) bond motifs is 2. The van der Waals surface area contributed by atoms with Gasteiger partial charge in [-0.05, 0) is 24.8 Å². The normalized spacial score (nSPS) is 17.7. The van der Waals surface area contributed by atoms with Crippen LogP contribution in [-0.4, -0.2) is 44.7 Å². The average Bonchev–Trinajstić information content (AvgIpc) is 3.24. The van der Waals surface area contributed by atoms with E-state index in [1.54, 1.807) is 4.68 Å². The molecule has 0 bridgehead atoms. The first-order valence-corrected chi connectivity index (χ1v) is 11.5. The van der Waals surface area contributed by atoms with Crippen molar-refractivity contribution in [3.8, 4) is 11.5 Å². The number of pyridine rings is 1. The lowest BCUT2D eigenvalue weighted by atomic mass is 9.98. The van der Waals surface area contributed by atoms with Gasteiger partial charge >= 0.3 is 12.1 Å². The second kappa shape index (κ2) is 7.22. The molecule has 0 N–H and O–H groups in total. The van der Waals surface area contributed by atoms with Crippen LogP contribution in [0.15, 0.2) is 17.2 Å². The molecule has 0 radical (unpaired) electrons. The topological polar surface area (TPSA) is 82.7 Å². The molecule has 32 heavy (non-hydrogen) atoms. The van der Waals surface area contributed by atoms with Crippen LogP contribution in [0.3, 0.4) is 0 Å². The van der Waals surface area contributed by atoms with Gasteiger partial charge in [-0.1, -0.05) is 13.8 Å². The minimum atomic E-state index is -5.81. The summed E-state index contributed by atoms with van der Waals surface area (Å²) in [7, 11) is -2.23. The minimum absolute atomic E-state index is 0.0266. The number of rotatable bonds is 4. The molecule has 13 heteroatoms. The van der Waals surface area contributed by atoms with E-state index in [1.807, 2.05) is 6.92 Å². The molecule has 0 saturated heterocycles. The second-order valence-electron chi connectivity index (χ2n) is 7.97. The predicted molar refractivity (Wildman–Crippen MR) is 105 cm³/mol. The van der Waals surface area contributed by atoms with Gasteiger partial charge in [0.1, 0.15) is 16.3 Å². The SMILES string of the molecule is CCS(=O)(=O)c1c(-c2nc3cc(C(F)(F)C(F)(F)F)ncc3n2C)nn2c1CC(C)CC2. The van der Waals surface area contributed by atoms with Gasteiger partial charge in [-0.25, -0.2) is 13.4 Å². The van der Waals surface area contributed by atoms with Crippen molar-refractivity contribution >= 4 is 20.9 Å². The van der Waals surface area contributed by atoms with Gasteiger partial charge in [-0.3, -0.25) is 9.67 Å². The van der Waals surface area contributed by atoms with Crippen LogP contribution >= 0.6 is 0 Å². The van der Waals surface area contributed by atoms with Crippen molar-refractivity contribution in [1.29, 1.82) is 0 Å². The third kappa shape index (κ3) is 3.37. The van der Waals surface area contributed by atoms with Gasteiger partial charge in [0.2, 0.25) is 0 Å². The van der Waals surface area contributed by atoms with Crippen molar-refractivity contribution in [2.75, 3.05) is 5.75 Å². The maximum atomic E-state index is 13.8. The zero-order chi connectivity index (χ0) is 23.6. The summed E-state index contributed by atoms with van der Waals surface area (Å²) in [5.41, 5.74) is -0.883. The molecule has 4 rings (SSSR count). The molecule has 3 aromatic heterocycles. The fraction of sp³-hybridized carbons (Fsp3) is 0.526. The number of aromatic nitrogens is 5. The van der Waals surface area contributed by atoms with E-state index in [0.29, 0.717) is 24.7 Å². The number of nitrogens with zero attached hydrogens (tertiary/aromatic N) is 5. The fourth-order valence-corrected chi connectivity index (χ4v) is 5.14. The quantitative estimate of drug-likeness (QED) is 0.533. The summed E-state index contributed by atoms with van der Waals surface area (Å²) in [5, 5.41) is 4.44. The zero-order valence-corrected chi connectivity index (χ0v) is 18.2. The summed E-state index contributed by atoms with van der Waals surface area (Å²) in [4.78, 5) is 7.52. The van der Waals surface area contributed by atoms with Crippen molar-refractivity contribution in [2.24, 2.45) is 13.0 Å². The summed E-state index contributed by atoms with van der Waals surface area (Å²) < 4.78 is 94.7. The highest BCUT2D eigenvalue weighted by atomic mass is 32.2. The number of hydrogen-bond acceptors (Lipinski definition) is 5. The van der Waals surface area contributed by atoms with E-state index in [2.05, 4.69) is 15.1 Å². The lowest BCUT2D eigenvalue weighted by Crippen LogP contribution is -2.34. The highest BCUT2D eigenvalue weighted by molar-refractivity contribution is 7.91. The van der Waals surface area contributed by atoms with Crippen LogP contribution in [0.4, 0.5) is 22.0 Å². The van der Waals surface area contributed by atoms with Gasteiger partial charge < -0.3 is 4.57 Å². The molecule has 3 aromatic rings. The molecule has 1 aliphatic rings. The largest absolute Gasteiger partial charge is 0.459 e. The maximum Gasteiger partial charge on any atom is 0.459 e. The molecular weight excluding hydrogens is 457 g/mol. The Morgan fingerprint density at radius 3 is 2.53 bits per heavy atom. The molecule has 1 atom stereocenters. The smallest absolute Gasteiger partial charge is 0.324 e. The van der Waals surface area contributed by atoms with E-state index in [0.717, 1.165) is 12.6 Å². The van der Waals surface area contributed by atoms with Crippen LogP contribution < -0.4 is 0 Å². The van der Waals surface area contributed by atoms with E-state index in [4.69, 9.17) is 0 Å². The van der Waals surface area contributed by atoms with Crippen molar-refractivity contribution in [2.45, 2.75) is 50.2 Å². The lowest BCUT2D eigenvalue weighted by Gasteiger charge is -2.20. The Kier molecular flexibility index (Phi) is 5.10. The van der Waals surface area contributed by atoms with E-state index in [1.165, 1.54) is 18.5 Å². The molecule has 4 heterocycles. The van der Waals surface area contributed by atoms with E-state index in [9.17, 15) is 30.4 Å². The van der Waals surface area contributed by atoms with Crippen molar-refractivity contribution in [3.63, 3.8) is 0 Å². The number of hydrogen-bond donors (Lipinski definition) is 0. The molecule has 0 amide bonds. The van der Waals surface area contributed by atoms with Gasteiger partial charge in [0.05, 0.1) is 28.7 Å². The van der Waals surface area contributed by atoms with Gasteiger partial charge in [0.25, 0.3) is 0 Å². The fourth-order valence-electron chi connectivity index (χ4n) is 3.87. The molecule has 7 nitrogen and oxygen atoms in total. The van der Waals surface area contributed by atoms with E-state index >= 15 is 0 Å². The van der Waals surface area contributed by atoms with E-state index < -0.39 is 27.6 Å². The van der Waals surface area contributed by atoms with Crippen molar-refractivity contribution < 1.29 is 30.4 Å². The highest BCUT2D eigenvalue weighted by Gasteiger charge is 2.60. The van der Waals surface area contributed by atoms with Crippen molar-refractivity contribution in [1.82, 2.24) is 24.3 Å². The average molecular weight is 477 g/mol. The third-order valence-electron chi connectivity index (χ3n) is 5.73. The molecule has 174 valence electrons. The number of halogens is 5. The molecule has 0 saturated carbocycles. The van der Waals surface area contributed by atoms with E-state index in [-0.39, 0.29) is 39.1 Å². The van der Waals surface area contributed by atoms with Gasteiger partial charge in [-0.2, -0.15) is 27.1 Å². The Labute approximate surface area is 180 Å². The van der Waals surface area contributed by atoms with Gasteiger partial charge in [-0.15, -0.1) is 0 Å². The summed E-state index contributed by atoms with van der Waals surface area (Å²) in [6.45, 7) is 4.01. The Hall–Kier alpha value is -2.57. The molecule has 0 aromatic carbocycles. The zero-order valence-electron chi connectivity index (χ0n) is 17.4. The van der Waals surface area contributed by atoms with Crippen LogP contribution in [0.2, 0.25) is 0 Å². The minimum Gasteiger partial charge on any atom is -0.324 e. The molecule has 1 unspecified atom stereocenters. The van der Waals surface area contributed by atoms with Crippen LogP contribution in [0.25, 0.3) is 22.6 Å². The molecule has 0 aliphatic carbocycles. The van der Waals surface area contributed by atoms with Crippen LogP contribution in [0, 0.1) is 5.92 Å². The monoisotopic (exact) mass is 477 g/mol. The Morgan fingerprint density at radius 1 is 1.22 bits per heavy atom. The summed E-state index contributed by atoms with van der Waals surface area (Å²) in [6.07, 6.45) is -3.64. The van der Waals surface area contributed by atoms with Crippen LogP contribution in [0.1, 0.15) is 31.7 Å². The Morgan fingerprint density at radius 2 is 1.91 bits per heavy atom. The molecule has 0 fully saturated rings.